The van der Waals surface area contributed by atoms with Gasteiger partial charge in [0.05, 0.1) is 17.5 Å². The predicted octanol–water partition coefficient (Wildman–Crippen LogP) is 0.842. The smallest absolute Gasteiger partial charge is 0.0844 e. The molecule has 0 saturated heterocycles. The van der Waals surface area contributed by atoms with E-state index in [2.05, 4.69) is 4.18 Å². The predicted molar refractivity (Wildman–Crippen MR) is 34.3 cm³/mol. The molecule has 0 aromatic carbocycles. The minimum absolute atomic E-state index is 0.219. The minimum Gasteiger partial charge on any atom is -0.750 e. The third-order valence-corrected chi connectivity index (χ3v) is 1.63. The fraction of sp³-hybridized carbons (Fsp3) is 1.00. The largest absolute Gasteiger partial charge is 0.750 e. The average molecular weight is 151 g/mol. The van der Waals surface area contributed by atoms with Crippen molar-refractivity contribution in [3.63, 3.8) is 0 Å². The molecule has 0 fully saturated rings. The van der Waals surface area contributed by atoms with Crippen molar-refractivity contribution >= 4 is 11.4 Å². The quantitative estimate of drug-likeness (QED) is 0.561. The Hall–Kier alpha value is 0.0700. The van der Waals surface area contributed by atoms with Crippen molar-refractivity contribution in [1.82, 2.24) is 0 Å². The zero-order chi connectivity index (χ0) is 7.44. The van der Waals surface area contributed by atoms with Crippen molar-refractivity contribution in [3.05, 3.63) is 0 Å². The van der Waals surface area contributed by atoms with Crippen molar-refractivity contribution in [3.8, 4) is 0 Å². The van der Waals surface area contributed by atoms with Crippen LogP contribution in [-0.2, 0) is 15.5 Å². The SMILES string of the molecule is CC(C)C(C)OS(=O)[O-]. The van der Waals surface area contributed by atoms with E-state index in [0.29, 0.717) is 0 Å². The van der Waals surface area contributed by atoms with E-state index in [4.69, 9.17) is 0 Å². The first-order chi connectivity index (χ1) is 4.04. The lowest BCUT2D eigenvalue weighted by molar-refractivity contribution is 0.171. The molecule has 0 N–H and O–H groups in total. The van der Waals surface area contributed by atoms with Crippen molar-refractivity contribution < 1.29 is 12.9 Å². The molecule has 0 amide bonds. The highest BCUT2D eigenvalue weighted by Gasteiger charge is 2.06. The Morgan fingerprint density at radius 2 is 1.89 bits per heavy atom. The van der Waals surface area contributed by atoms with Crippen molar-refractivity contribution in [1.29, 1.82) is 0 Å². The van der Waals surface area contributed by atoms with Crippen LogP contribution in [0, 0.1) is 5.92 Å². The molecular formula is C5H11O3S-. The summed E-state index contributed by atoms with van der Waals surface area (Å²) in [6.45, 7) is 5.52. The van der Waals surface area contributed by atoms with Gasteiger partial charge >= 0.3 is 0 Å². The molecule has 2 unspecified atom stereocenters. The Morgan fingerprint density at radius 3 is 2.00 bits per heavy atom. The van der Waals surface area contributed by atoms with Gasteiger partial charge < -0.3 is 4.55 Å². The first-order valence-electron chi connectivity index (χ1n) is 2.80. The van der Waals surface area contributed by atoms with E-state index in [1.807, 2.05) is 13.8 Å². The van der Waals surface area contributed by atoms with Crippen molar-refractivity contribution in [2.45, 2.75) is 26.9 Å². The molecule has 0 saturated carbocycles. The molecule has 0 aliphatic carbocycles. The van der Waals surface area contributed by atoms with Gasteiger partial charge in [-0.1, -0.05) is 13.8 Å². The van der Waals surface area contributed by atoms with Gasteiger partial charge in [0.25, 0.3) is 0 Å². The summed E-state index contributed by atoms with van der Waals surface area (Å²) in [5, 5.41) is 0. The fourth-order valence-electron chi connectivity index (χ4n) is 0.235. The lowest BCUT2D eigenvalue weighted by Gasteiger charge is -2.16. The van der Waals surface area contributed by atoms with Gasteiger partial charge in [0, 0.05) is 0 Å². The molecule has 0 spiro atoms. The molecule has 0 aromatic rings. The Morgan fingerprint density at radius 1 is 1.44 bits per heavy atom. The normalized spacial score (nSPS) is 17.9. The van der Waals surface area contributed by atoms with Crippen LogP contribution in [0.2, 0.25) is 0 Å². The Balaban J connectivity index is 3.50. The highest BCUT2D eigenvalue weighted by Crippen LogP contribution is 2.05. The summed E-state index contributed by atoms with van der Waals surface area (Å²) in [6.07, 6.45) is -0.219. The van der Waals surface area contributed by atoms with Crippen molar-refractivity contribution in [2.75, 3.05) is 0 Å². The molecule has 4 heteroatoms. The summed E-state index contributed by atoms with van der Waals surface area (Å²) in [7, 11) is 0. The minimum atomic E-state index is -2.37. The summed E-state index contributed by atoms with van der Waals surface area (Å²) in [4.78, 5) is 0. The van der Waals surface area contributed by atoms with Gasteiger partial charge in [0.2, 0.25) is 0 Å². The fourth-order valence-corrected chi connectivity index (χ4v) is 0.705. The van der Waals surface area contributed by atoms with Crippen LogP contribution < -0.4 is 0 Å². The summed E-state index contributed by atoms with van der Waals surface area (Å²) >= 11 is -2.37. The highest BCUT2D eigenvalue weighted by molar-refractivity contribution is 7.74. The van der Waals surface area contributed by atoms with Gasteiger partial charge in [-0.3, -0.25) is 4.18 Å². The van der Waals surface area contributed by atoms with Crippen LogP contribution in [-0.4, -0.2) is 14.9 Å². The lowest BCUT2D eigenvalue weighted by atomic mass is 10.1. The molecule has 9 heavy (non-hydrogen) atoms. The van der Waals surface area contributed by atoms with E-state index in [1.165, 1.54) is 0 Å². The van der Waals surface area contributed by atoms with Gasteiger partial charge in [-0.25, -0.2) is 4.21 Å². The number of rotatable bonds is 3. The molecule has 0 aliphatic rings. The Bertz CT molecular complexity index is 102. The van der Waals surface area contributed by atoms with E-state index < -0.39 is 11.4 Å². The Labute approximate surface area is 57.9 Å². The summed E-state index contributed by atoms with van der Waals surface area (Å²) in [5.74, 6) is 0.239. The topological polar surface area (TPSA) is 49.4 Å². The molecule has 0 bridgehead atoms. The molecule has 0 aliphatic heterocycles. The van der Waals surface area contributed by atoms with E-state index in [-0.39, 0.29) is 12.0 Å². The second-order valence-electron chi connectivity index (χ2n) is 2.25. The van der Waals surface area contributed by atoms with E-state index in [0.717, 1.165) is 0 Å². The zero-order valence-electron chi connectivity index (χ0n) is 5.79. The van der Waals surface area contributed by atoms with Gasteiger partial charge in [-0.05, 0) is 12.8 Å². The second-order valence-corrected chi connectivity index (χ2v) is 2.85. The Kier molecular flexibility index (Phi) is 4.01. The lowest BCUT2D eigenvalue weighted by Crippen LogP contribution is -2.16. The van der Waals surface area contributed by atoms with Crippen LogP contribution in [0.4, 0.5) is 0 Å². The van der Waals surface area contributed by atoms with Crippen LogP contribution >= 0.6 is 0 Å². The van der Waals surface area contributed by atoms with E-state index >= 15 is 0 Å². The number of hydrogen-bond donors (Lipinski definition) is 0. The third-order valence-electron chi connectivity index (χ3n) is 1.17. The molecular weight excluding hydrogens is 140 g/mol. The van der Waals surface area contributed by atoms with Gasteiger partial charge in [-0.2, -0.15) is 0 Å². The van der Waals surface area contributed by atoms with Gasteiger partial charge in [0.15, 0.2) is 0 Å². The first-order valence-corrected chi connectivity index (χ1v) is 3.80. The van der Waals surface area contributed by atoms with E-state index in [9.17, 15) is 8.76 Å². The molecule has 56 valence electrons. The van der Waals surface area contributed by atoms with Gasteiger partial charge in [-0.15, -0.1) is 0 Å². The third kappa shape index (κ3) is 4.57. The van der Waals surface area contributed by atoms with Crippen LogP contribution in [0.3, 0.4) is 0 Å². The first kappa shape index (κ1) is 9.07. The number of hydrogen-bond acceptors (Lipinski definition) is 3. The van der Waals surface area contributed by atoms with Gasteiger partial charge in [0.1, 0.15) is 0 Å². The molecule has 2 atom stereocenters. The monoisotopic (exact) mass is 151 g/mol. The zero-order valence-corrected chi connectivity index (χ0v) is 6.60. The molecule has 3 nitrogen and oxygen atoms in total. The van der Waals surface area contributed by atoms with Crippen LogP contribution in [0.15, 0.2) is 0 Å². The molecule has 0 heterocycles. The van der Waals surface area contributed by atoms with Crippen LogP contribution in [0.5, 0.6) is 0 Å². The maximum atomic E-state index is 9.89. The molecule has 0 radical (unpaired) electrons. The average Bonchev–Trinajstić information content (AvgIpc) is 1.63. The maximum Gasteiger partial charge on any atom is 0.0844 e. The summed E-state index contributed by atoms with van der Waals surface area (Å²) in [5.41, 5.74) is 0. The standard InChI is InChI=1S/C5H12O3S/c1-4(2)5(3)8-9(6)7/h4-5H,1-3H3,(H,6,7)/p-1. The summed E-state index contributed by atoms with van der Waals surface area (Å²) in [6, 6.07) is 0. The highest BCUT2D eigenvalue weighted by atomic mass is 32.2. The molecule has 0 rings (SSSR count). The maximum absolute atomic E-state index is 9.89. The van der Waals surface area contributed by atoms with Crippen LogP contribution in [0.25, 0.3) is 0 Å². The van der Waals surface area contributed by atoms with Crippen LogP contribution in [0.1, 0.15) is 20.8 Å². The molecule has 0 aromatic heterocycles. The summed E-state index contributed by atoms with van der Waals surface area (Å²) < 4.78 is 24.2. The van der Waals surface area contributed by atoms with E-state index in [1.54, 1.807) is 6.92 Å². The second kappa shape index (κ2) is 3.98. The van der Waals surface area contributed by atoms with Crippen molar-refractivity contribution in [2.24, 2.45) is 5.92 Å².